The standard InChI is InChI=1S/C15H15ClN2O5S/c1-4-22-11-6-9(5-10(16)13(11)21-3)7-12(14(19)20)24-15-18-17-8(2)23-15/h5-7H,4H2,1-3H3,(H,19,20)/p-1/b12-7+. The van der Waals surface area contributed by atoms with Crippen molar-refractivity contribution in [2.75, 3.05) is 13.7 Å². The zero-order valence-corrected chi connectivity index (χ0v) is 14.7. The van der Waals surface area contributed by atoms with Crippen molar-refractivity contribution in [1.29, 1.82) is 0 Å². The summed E-state index contributed by atoms with van der Waals surface area (Å²) >= 11 is 6.94. The van der Waals surface area contributed by atoms with Crippen molar-refractivity contribution in [2.24, 2.45) is 0 Å². The van der Waals surface area contributed by atoms with E-state index in [2.05, 4.69) is 10.2 Å². The van der Waals surface area contributed by atoms with Crippen LogP contribution >= 0.6 is 23.4 Å². The summed E-state index contributed by atoms with van der Waals surface area (Å²) in [7, 11) is 1.47. The molecule has 2 aromatic rings. The number of carbonyl (C=O) groups excluding carboxylic acids is 1. The van der Waals surface area contributed by atoms with Crippen LogP contribution in [0.4, 0.5) is 0 Å². The van der Waals surface area contributed by atoms with E-state index in [-0.39, 0.29) is 10.1 Å². The van der Waals surface area contributed by atoms with E-state index in [9.17, 15) is 9.90 Å². The number of aliphatic carboxylic acids is 1. The highest BCUT2D eigenvalue weighted by molar-refractivity contribution is 8.03. The topological polar surface area (TPSA) is 97.5 Å². The van der Waals surface area contributed by atoms with Crippen LogP contribution in [0.5, 0.6) is 11.5 Å². The third-order valence-corrected chi connectivity index (χ3v) is 3.86. The molecular formula is C15H14ClN2O5S-. The third-order valence-electron chi connectivity index (χ3n) is 2.74. The molecule has 0 bridgehead atoms. The van der Waals surface area contributed by atoms with Crippen molar-refractivity contribution in [1.82, 2.24) is 10.2 Å². The van der Waals surface area contributed by atoms with Crippen LogP contribution in [0.1, 0.15) is 18.4 Å². The highest BCUT2D eigenvalue weighted by Gasteiger charge is 2.13. The molecule has 0 aliphatic heterocycles. The minimum absolute atomic E-state index is 0.104. The smallest absolute Gasteiger partial charge is 0.281 e. The third kappa shape index (κ3) is 4.42. The lowest BCUT2D eigenvalue weighted by Crippen LogP contribution is -2.23. The molecule has 1 aromatic heterocycles. The van der Waals surface area contributed by atoms with E-state index >= 15 is 0 Å². The summed E-state index contributed by atoms with van der Waals surface area (Å²) in [5.41, 5.74) is 0.507. The normalized spacial score (nSPS) is 11.4. The van der Waals surface area contributed by atoms with Crippen LogP contribution in [0.15, 0.2) is 26.7 Å². The Labute approximate surface area is 147 Å². The van der Waals surface area contributed by atoms with Gasteiger partial charge in [0.05, 0.1) is 24.7 Å². The Bertz CT molecular complexity index is 775. The second-order valence-electron chi connectivity index (χ2n) is 4.45. The Morgan fingerprint density at radius 1 is 1.46 bits per heavy atom. The van der Waals surface area contributed by atoms with Gasteiger partial charge in [-0.15, -0.1) is 10.2 Å². The maximum absolute atomic E-state index is 11.4. The minimum Gasteiger partial charge on any atom is -0.544 e. The van der Waals surface area contributed by atoms with Gasteiger partial charge >= 0.3 is 0 Å². The number of carbonyl (C=O) groups is 1. The van der Waals surface area contributed by atoms with Crippen LogP contribution in [-0.2, 0) is 4.79 Å². The molecule has 0 amide bonds. The van der Waals surface area contributed by atoms with Gasteiger partial charge in [-0.1, -0.05) is 11.6 Å². The van der Waals surface area contributed by atoms with Gasteiger partial charge in [0, 0.05) is 11.8 Å². The molecule has 1 heterocycles. The van der Waals surface area contributed by atoms with Gasteiger partial charge in [-0.05, 0) is 42.5 Å². The number of hydrogen-bond acceptors (Lipinski definition) is 8. The highest BCUT2D eigenvalue weighted by atomic mass is 35.5. The number of hydrogen-bond donors (Lipinski definition) is 0. The molecule has 0 N–H and O–H groups in total. The van der Waals surface area contributed by atoms with E-state index in [1.807, 2.05) is 6.92 Å². The molecule has 9 heteroatoms. The summed E-state index contributed by atoms with van der Waals surface area (Å²) in [4.78, 5) is 11.2. The zero-order chi connectivity index (χ0) is 17.7. The molecule has 0 atom stereocenters. The largest absolute Gasteiger partial charge is 0.544 e. The molecule has 128 valence electrons. The lowest BCUT2D eigenvalue weighted by Gasteiger charge is -2.12. The van der Waals surface area contributed by atoms with Gasteiger partial charge in [-0.2, -0.15) is 0 Å². The monoisotopic (exact) mass is 369 g/mol. The van der Waals surface area contributed by atoms with Crippen molar-refractivity contribution in [3.05, 3.63) is 33.5 Å². The summed E-state index contributed by atoms with van der Waals surface area (Å²) in [5.74, 6) is -0.247. The first-order valence-electron chi connectivity index (χ1n) is 6.86. The second-order valence-corrected chi connectivity index (χ2v) is 5.85. The summed E-state index contributed by atoms with van der Waals surface area (Å²) in [6.45, 7) is 3.83. The first kappa shape index (κ1) is 18.2. The molecule has 2 rings (SSSR count). The number of ether oxygens (including phenoxy) is 2. The molecule has 0 aliphatic rings. The van der Waals surface area contributed by atoms with Gasteiger partial charge in [0.15, 0.2) is 11.5 Å². The molecule has 0 unspecified atom stereocenters. The molecule has 0 fully saturated rings. The van der Waals surface area contributed by atoms with Gasteiger partial charge in [0.1, 0.15) is 0 Å². The molecular weight excluding hydrogens is 356 g/mol. The van der Waals surface area contributed by atoms with Gasteiger partial charge in [-0.3, -0.25) is 0 Å². The summed E-state index contributed by atoms with van der Waals surface area (Å²) < 4.78 is 15.8. The van der Waals surface area contributed by atoms with Crippen LogP contribution in [0.2, 0.25) is 5.02 Å². The van der Waals surface area contributed by atoms with Gasteiger partial charge in [0.25, 0.3) is 5.22 Å². The van der Waals surface area contributed by atoms with E-state index in [0.29, 0.717) is 34.6 Å². The van der Waals surface area contributed by atoms with Crippen molar-refractivity contribution in [3.8, 4) is 11.5 Å². The lowest BCUT2D eigenvalue weighted by atomic mass is 10.2. The van der Waals surface area contributed by atoms with Crippen LogP contribution in [0.3, 0.4) is 0 Å². The zero-order valence-electron chi connectivity index (χ0n) is 13.2. The molecule has 1 aromatic carbocycles. The Hall–Kier alpha value is -2.19. The van der Waals surface area contributed by atoms with Crippen LogP contribution in [0.25, 0.3) is 6.08 Å². The van der Waals surface area contributed by atoms with Crippen molar-refractivity contribution >= 4 is 35.4 Å². The molecule has 0 aliphatic carbocycles. The van der Waals surface area contributed by atoms with Gasteiger partial charge < -0.3 is 23.8 Å². The first-order chi connectivity index (χ1) is 11.4. The molecule has 0 saturated heterocycles. The van der Waals surface area contributed by atoms with Crippen molar-refractivity contribution < 1.29 is 23.8 Å². The second kappa shape index (κ2) is 8.07. The molecule has 0 radical (unpaired) electrons. The number of rotatable bonds is 7. The number of aromatic nitrogens is 2. The van der Waals surface area contributed by atoms with Gasteiger partial charge in [0.2, 0.25) is 5.89 Å². The highest BCUT2D eigenvalue weighted by Crippen LogP contribution is 2.37. The number of carboxylic acids is 1. The fourth-order valence-electron chi connectivity index (χ4n) is 1.83. The predicted molar refractivity (Wildman–Crippen MR) is 87.0 cm³/mol. The van der Waals surface area contributed by atoms with Gasteiger partial charge in [-0.25, -0.2) is 0 Å². The first-order valence-corrected chi connectivity index (χ1v) is 8.05. The molecule has 0 spiro atoms. The fourth-order valence-corrected chi connectivity index (χ4v) is 2.83. The Morgan fingerprint density at radius 3 is 2.75 bits per heavy atom. The summed E-state index contributed by atoms with van der Waals surface area (Å²) in [6.07, 6.45) is 1.38. The number of halogens is 1. The number of carboxylic acid groups (broad SMARTS) is 1. The molecule has 7 nitrogen and oxygen atoms in total. The quantitative estimate of drug-likeness (QED) is 0.541. The average Bonchev–Trinajstić information content (AvgIpc) is 2.92. The minimum atomic E-state index is -1.37. The SMILES string of the molecule is CCOc1cc(/C=C(/Sc2nnc(C)o2)C(=O)[O-])cc(Cl)c1OC. The molecule has 0 saturated carbocycles. The van der Waals surface area contributed by atoms with Crippen LogP contribution in [-0.4, -0.2) is 29.9 Å². The number of benzene rings is 1. The van der Waals surface area contributed by atoms with Crippen molar-refractivity contribution in [3.63, 3.8) is 0 Å². The Kier molecular flexibility index (Phi) is 6.10. The fraction of sp³-hybridized carbons (Fsp3) is 0.267. The molecule has 24 heavy (non-hydrogen) atoms. The number of nitrogens with zero attached hydrogens (tertiary/aromatic N) is 2. The van der Waals surface area contributed by atoms with Crippen LogP contribution < -0.4 is 14.6 Å². The maximum Gasteiger partial charge on any atom is 0.281 e. The average molecular weight is 370 g/mol. The van der Waals surface area contributed by atoms with Crippen LogP contribution in [0, 0.1) is 6.92 Å². The summed E-state index contributed by atoms with van der Waals surface area (Å²) in [5, 5.41) is 19.1. The van der Waals surface area contributed by atoms with E-state index in [1.54, 1.807) is 19.1 Å². The van der Waals surface area contributed by atoms with E-state index in [0.717, 1.165) is 11.8 Å². The lowest BCUT2D eigenvalue weighted by molar-refractivity contribution is -0.298. The number of thioether (sulfide) groups is 1. The van der Waals surface area contributed by atoms with Crippen molar-refractivity contribution in [2.45, 2.75) is 19.1 Å². The number of methoxy groups -OCH3 is 1. The van der Waals surface area contributed by atoms with E-state index in [4.69, 9.17) is 25.5 Å². The number of aryl methyl sites for hydroxylation is 1. The summed E-state index contributed by atoms with van der Waals surface area (Å²) in [6, 6.07) is 3.18. The van der Waals surface area contributed by atoms with E-state index in [1.165, 1.54) is 13.2 Å². The Morgan fingerprint density at radius 2 is 2.21 bits per heavy atom. The maximum atomic E-state index is 11.4. The Balaban J connectivity index is 2.39. The van der Waals surface area contributed by atoms with E-state index < -0.39 is 5.97 Å². The predicted octanol–water partition coefficient (Wildman–Crippen LogP) is 2.32.